The number of rotatable bonds is 3. The molecular weight excluding hydrogens is 344 g/mol. The van der Waals surface area contributed by atoms with Gasteiger partial charge < -0.3 is 10.5 Å². The van der Waals surface area contributed by atoms with Crippen molar-refractivity contribution in [3.05, 3.63) is 39.0 Å². The van der Waals surface area contributed by atoms with Crippen LogP contribution in [-0.2, 0) is 0 Å². The zero-order valence-electron chi connectivity index (χ0n) is 10.3. The Morgan fingerprint density at radius 1 is 1.38 bits per heavy atom. The van der Waals surface area contributed by atoms with Crippen molar-refractivity contribution < 1.29 is 9.66 Å². The Bertz CT molecular complexity index is 849. The maximum absolute atomic E-state index is 10.9. The second kappa shape index (κ2) is 4.98. The Kier molecular flexibility index (Phi) is 3.14. The van der Waals surface area contributed by atoms with E-state index >= 15 is 0 Å². The van der Waals surface area contributed by atoms with Gasteiger partial charge in [0.1, 0.15) is 9.86 Å². The molecule has 0 saturated heterocycles. The quantitative estimate of drug-likeness (QED) is 0.547. The molecule has 0 spiro atoms. The number of hydrogen-bond donors (Lipinski definition) is 2. The van der Waals surface area contributed by atoms with E-state index in [1.165, 1.54) is 18.3 Å². The Labute approximate surface area is 125 Å². The molecule has 10 heteroatoms. The predicted molar refractivity (Wildman–Crippen MR) is 77.0 cm³/mol. The van der Waals surface area contributed by atoms with E-state index in [1.807, 2.05) is 0 Å². The van der Waals surface area contributed by atoms with Crippen LogP contribution < -0.4 is 10.5 Å². The van der Waals surface area contributed by atoms with E-state index < -0.39 is 4.92 Å². The Morgan fingerprint density at radius 3 is 2.95 bits per heavy atom. The average Bonchev–Trinajstić information content (AvgIpc) is 2.88. The first-order valence-electron chi connectivity index (χ1n) is 5.63. The fourth-order valence-corrected chi connectivity index (χ4v) is 2.22. The van der Waals surface area contributed by atoms with Gasteiger partial charge in [-0.15, -0.1) is 0 Å². The molecular formula is C11H7BrN6O3. The van der Waals surface area contributed by atoms with Gasteiger partial charge in [0, 0.05) is 6.07 Å². The molecule has 0 amide bonds. The Balaban J connectivity index is 2.09. The maximum Gasteiger partial charge on any atom is 0.287 e. The summed E-state index contributed by atoms with van der Waals surface area (Å²) in [4.78, 5) is 18.3. The number of nitro groups is 1. The molecule has 0 radical (unpaired) electrons. The van der Waals surface area contributed by atoms with Crippen LogP contribution in [0.4, 0.5) is 11.6 Å². The normalized spacial score (nSPS) is 10.7. The van der Waals surface area contributed by atoms with Gasteiger partial charge in [-0.1, -0.05) is 6.07 Å². The number of anilines is 1. The molecule has 1 aromatic carbocycles. The number of nitrogens with two attached hydrogens (primary N) is 1. The zero-order valence-corrected chi connectivity index (χ0v) is 11.9. The second-order valence-electron chi connectivity index (χ2n) is 3.97. The number of nitrogens with zero attached hydrogens (tertiary/aromatic N) is 4. The molecule has 106 valence electrons. The summed E-state index contributed by atoms with van der Waals surface area (Å²) in [6, 6.07) is 4.44. The SMILES string of the molecule is Nc1nc(Oc2cccc([N+](=O)[O-])c2Br)c2cn[nH]c2n1. The summed E-state index contributed by atoms with van der Waals surface area (Å²) in [7, 11) is 0. The lowest BCUT2D eigenvalue weighted by molar-refractivity contribution is -0.385. The number of aromatic nitrogens is 4. The summed E-state index contributed by atoms with van der Waals surface area (Å²) in [5.41, 5.74) is 5.89. The minimum absolute atomic E-state index is 0.00306. The van der Waals surface area contributed by atoms with Crippen molar-refractivity contribution in [2.75, 3.05) is 5.73 Å². The molecule has 0 aliphatic rings. The monoisotopic (exact) mass is 350 g/mol. The summed E-state index contributed by atoms with van der Waals surface area (Å²) in [5, 5.41) is 17.9. The first kappa shape index (κ1) is 13.2. The molecule has 21 heavy (non-hydrogen) atoms. The lowest BCUT2D eigenvalue weighted by atomic mass is 10.3. The number of ether oxygens (including phenoxy) is 1. The summed E-state index contributed by atoms with van der Waals surface area (Å²) in [6.45, 7) is 0. The number of H-pyrrole nitrogens is 1. The highest BCUT2D eigenvalue weighted by atomic mass is 79.9. The minimum atomic E-state index is -0.515. The van der Waals surface area contributed by atoms with Crippen LogP contribution in [0.15, 0.2) is 28.9 Å². The highest BCUT2D eigenvalue weighted by Crippen LogP contribution is 2.37. The van der Waals surface area contributed by atoms with Gasteiger partial charge in [0.15, 0.2) is 11.4 Å². The topological polar surface area (TPSA) is 133 Å². The first-order chi connectivity index (χ1) is 10.1. The van der Waals surface area contributed by atoms with E-state index in [4.69, 9.17) is 10.5 Å². The number of nitro benzene ring substituents is 1. The summed E-state index contributed by atoms with van der Waals surface area (Å²) < 4.78 is 5.82. The molecule has 9 nitrogen and oxygen atoms in total. The highest BCUT2D eigenvalue weighted by Gasteiger charge is 2.18. The van der Waals surface area contributed by atoms with Crippen molar-refractivity contribution in [2.45, 2.75) is 0 Å². The van der Waals surface area contributed by atoms with Gasteiger partial charge in [0.2, 0.25) is 11.8 Å². The molecule has 0 aliphatic heterocycles. The molecule has 3 rings (SSSR count). The van der Waals surface area contributed by atoms with E-state index in [1.54, 1.807) is 6.07 Å². The standard InChI is InChI=1S/C11H7BrN6O3/c12-8-6(18(19)20)2-1-3-7(8)21-10-5-4-14-17-9(5)15-11(13)16-10/h1-4H,(H3,13,14,15,16,17). The van der Waals surface area contributed by atoms with Crippen LogP contribution in [0, 0.1) is 10.1 Å². The molecule has 0 aliphatic carbocycles. The fraction of sp³-hybridized carbons (Fsp3) is 0. The van der Waals surface area contributed by atoms with Gasteiger partial charge in [-0.2, -0.15) is 15.1 Å². The number of benzene rings is 1. The molecule has 0 saturated carbocycles. The van der Waals surface area contributed by atoms with Crippen LogP contribution in [0.25, 0.3) is 11.0 Å². The van der Waals surface area contributed by atoms with Crippen molar-refractivity contribution in [1.29, 1.82) is 0 Å². The van der Waals surface area contributed by atoms with Crippen LogP contribution in [0.3, 0.4) is 0 Å². The number of halogens is 1. The Morgan fingerprint density at radius 2 is 2.19 bits per heavy atom. The Hall–Kier alpha value is -2.75. The number of nitrogens with one attached hydrogen (secondary N) is 1. The van der Waals surface area contributed by atoms with Gasteiger partial charge >= 0.3 is 0 Å². The molecule has 2 heterocycles. The third-order valence-electron chi connectivity index (χ3n) is 2.64. The summed E-state index contributed by atoms with van der Waals surface area (Å²) in [6.07, 6.45) is 1.48. The van der Waals surface area contributed by atoms with Crippen molar-refractivity contribution in [3.63, 3.8) is 0 Å². The second-order valence-corrected chi connectivity index (χ2v) is 4.76. The van der Waals surface area contributed by atoms with Gasteiger partial charge in [0.25, 0.3) is 5.69 Å². The molecule has 3 N–H and O–H groups in total. The lowest BCUT2D eigenvalue weighted by Gasteiger charge is -2.08. The van der Waals surface area contributed by atoms with E-state index in [9.17, 15) is 10.1 Å². The molecule has 0 bridgehead atoms. The smallest absolute Gasteiger partial charge is 0.287 e. The minimum Gasteiger partial charge on any atom is -0.437 e. The summed E-state index contributed by atoms with van der Waals surface area (Å²) in [5.74, 6) is 0.403. The highest BCUT2D eigenvalue weighted by molar-refractivity contribution is 9.10. The first-order valence-corrected chi connectivity index (χ1v) is 6.43. The van der Waals surface area contributed by atoms with E-state index in [2.05, 4.69) is 36.1 Å². The van der Waals surface area contributed by atoms with Crippen molar-refractivity contribution >= 4 is 38.6 Å². The van der Waals surface area contributed by atoms with Crippen LogP contribution in [0.2, 0.25) is 0 Å². The fourth-order valence-electron chi connectivity index (χ4n) is 1.73. The molecule has 0 atom stereocenters. The summed E-state index contributed by atoms with van der Waals surface area (Å²) >= 11 is 3.15. The number of aromatic amines is 1. The largest absolute Gasteiger partial charge is 0.437 e. The van der Waals surface area contributed by atoms with Crippen LogP contribution >= 0.6 is 15.9 Å². The molecule has 3 aromatic rings. The number of nitrogen functional groups attached to an aromatic ring is 1. The van der Waals surface area contributed by atoms with Gasteiger partial charge in [-0.25, -0.2) is 0 Å². The third kappa shape index (κ3) is 2.36. The number of hydrogen-bond acceptors (Lipinski definition) is 7. The van der Waals surface area contributed by atoms with Crippen LogP contribution in [0.5, 0.6) is 11.6 Å². The lowest BCUT2D eigenvalue weighted by Crippen LogP contribution is -1.99. The predicted octanol–water partition coefficient (Wildman–Crippen LogP) is 2.40. The van der Waals surface area contributed by atoms with E-state index in [-0.39, 0.29) is 27.7 Å². The van der Waals surface area contributed by atoms with Crippen LogP contribution in [-0.4, -0.2) is 25.1 Å². The van der Waals surface area contributed by atoms with E-state index in [0.29, 0.717) is 11.0 Å². The van der Waals surface area contributed by atoms with Crippen molar-refractivity contribution in [3.8, 4) is 11.6 Å². The van der Waals surface area contributed by atoms with Crippen molar-refractivity contribution in [1.82, 2.24) is 20.2 Å². The average molecular weight is 351 g/mol. The third-order valence-corrected chi connectivity index (χ3v) is 3.44. The van der Waals surface area contributed by atoms with Crippen molar-refractivity contribution in [2.24, 2.45) is 0 Å². The zero-order chi connectivity index (χ0) is 15.0. The molecule has 2 aromatic heterocycles. The van der Waals surface area contributed by atoms with Crippen LogP contribution in [0.1, 0.15) is 0 Å². The number of fused-ring (bicyclic) bond motifs is 1. The van der Waals surface area contributed by atoms with Gasteiger partial charge in [-0.05, 0) is 22.0 Å². The molecule has 0 unspecified atom stereocenters. The molecule has 0 fully saturated rings. The van der Waals surface area contributed by atoms with E-state index in [0.717, 1.165) is 0 Å². The van der Waals surface area contributed by atoms with Gasteiger partial charge in [0.05, 0.1) is 11.1 Å². The van der Waals surface area contributed by atoms with Gasteiger partial charge in [-0.3, -0.25) is 15.2 Å². The maximum atomic E-state index is 10.9.